The number of nitrogens with zero attached hydrogens (tertiary/aromatic N) is 1. The summed E-state index contributed by atoms with van der Waals surface area (Å²) in [7, 11) is 0. The predicted octanol–water partition coefficient (Wildman–Crippen LogP) is 6.72. The van der Waals surface area contributed by atoms with Crippen molar-refractivity contribution < 1.29 is 14.3 Å². The van der Waals surface area contributed by atoms with Crippen molar-refractivity contribution in [2.24, 2.45) is 0 Å². The van der Waals surface area contributed by atoms with Gasteiger partial charge in [0.1, 0.15) is 5.60 Å². The molecule has 2 heterocycles. The molecule has 0 saturated carbocycles. The highest BCUT2D eigenvalue weighted by atomic mass is 32.2. The molecule has 186 valence electrons. The van der Waals surface area contributed by atoms with Gasteiger partial charge in [-0.25, -0.2) is 4.79 Å². The standard InChI is InChI=1S/C30H32N2O3S/c1-30(2,3)35-29(34)32-17-16-23-19-24(12-14-25(23)32)28(33)31-27-15-13-22-11-10-21(18-26(22)36-27)9-8-20-6-4-5-7-20/h4-6,10-12,14-15,18-19H,7-9,13,16-17H2,1-3H3,(H,31,33). The molecule has 36 heavy (non-hydrogen) atoms. The molecule has 0 saturated heterocycles. The van der Waals surface area contributed by atoms with Crippen molar-refractivity contribution in [1.82, 2.24) is 5.32 Å². The van der Waals surface area contributed by atoms with Crippen molar-refractivity contribution in [3.8, 4) is 0 Å². The number of amides is 2. The van der Waals surface area contributed by atoms with Crippen LogP contribution in [0.1, 0.15) is 60.7 Å². The Bertz CT molecular complexity index is 1300. The smallest absolute Gasteiger partial charge is 0.414 e. The lowest BCUT2D eigenvalue weighted by molar-refractivity contribution is 0.0584. The Kier molecular flexibility index (Phi) is 6.80. The lowest BCUT2D eigenvalue weighted by atomic mass is 10.0. The first kappa shape index (κ1) is 24.4. The molecule has 5 rings (SSSR count). The number of carbonyl (C=O) groups is 2. The fraction of sp³-hybridized carbons (Fsp3) is 0.333. The molecule has 5 nitrogen and oxygen atoms in total. The third-order valence-corrected chi connectivity index (χ3v) is 7.62. The Morgan fingerprint density at radius 1 is 1.06 bits per heavy atom. The highest BCUT2D eigenvalue weighted by Gasteiger charge is 2.29. The molecule has 2 aromatic rings. The van der Waals surface area contributed by atoms with E-state index in [1.165, 1.54) is 21.6 Å². The maximum Gasteiger partial charge on any atom is 0.414 e. The first-order valence-corrected chi connectivity index (χ1v) is 13.4. The Labute approximate surface area is 217 Å². The molecule has 0 unspecified atom stereocenters. The molecular formula is C30H32N2O3S. The van der Waals surface area contributed by atoms with Crippen LogP contribution in [0.4, 0.5) is 10.5 Å². The number of benzene rings is 2. The summed E-state index contributed by atoms with van der Waals surface area (Å²) < 4.78 is 5.53. The highest BCUT2D eigenvalue weighted by molar-refractivity contribution is 8.03. The van der Waals surface area contributed by atoms with E-state index in [1.807, 2.05) is 32.9 Å². The zero-order chi connectivity index (χ0) is 25.3. The van der Waals surface area contributed by atoms with Crippen molar-refractivity contribution in [3.63, 3.8) is 0 Å². The molecule has 0 atom stereocenters. The van der Waals surface area contributed by atoms with Crippen LogP contribution in [0.2, 0.25) is 0 Å². The van der Waals surface area contributed by atoms with Crippen LogP contribution in [-0.4, -0.2) is 24.1 Å². The fourth-order valence-corrected chi connectivity index (χ4v) is 5.71. The van der Waals surface area contributed by atoms with Gasteiger partial charge in [0.2, 0.25) is 0 Å². The van der Waals surface area contributed by atoms with Crippen molar-refractivity contribution >= 4 is 29.4 Å². The van der Waals surface area contributed by atoms with E-state index in [-0.39, 0.29) is 12.0 Å². The molecule has 0 spiro atoms. The van der Waals surface area contributed by atoms with Crippen LogP contribution >= 0.6 is 11.8 Å². The van der Waals surface area contributed by atoms with Gasteiger partial charge in [-0.2, -0.15) is 0 Å². The zero-order valence-electron chi connectivity index (χ0n) is 21.1. The number of rotatable bonds is 5. The Balaban J connectivity index is 1.21. The maximum absolute atomic E-state index is 13.1. The maximum atomic E-state index is 13.1. The number of aryl methyl sites for hydroxylation is 1. The van der Waals surface area contributed by atoms with Crippen LogP contribution in [0.15, 0.2) is 76.2 Å². The molecule has 0 bridgehead atoms. The van der Waals surface area contributed by atoms with Crippen molar-refractivity contribution in [2.75, 3.05) is 11.4 Å². The van der Waals surface area contributed by atoms with E-state index in [0.717, 1.165) is 42.0 Å². The first-order valence-electron chi connectivity index (χ1n) is 12.5. The summed E-state index contributed by atoms with van der Waals surface area (Å²) in [4.78, 5) is 28.5. The number of allylic oxidation sites excluding steroid dienone is 5. The Hall–Kier alpha value is -3.25. The predicted molar refractivity (Wildman–Crippen MR) is 145 cm³/mol. The quantitative estimate of drug-likeness (QED) is 0.495. The summed E-state index contributed by atoms with van der Waals surface area (Å²) in [6.07, 6.45) is 13.0. The summed E-state index contributed by atoms with van der Waals surface area (Å²) in [6.45, 7) is 6.14. The first-order chi connectivity index (χ1) is 17.2. The summed E-state index contributed by atoms with van der Waals surface area (Å²) in [5, 5.41) is 3.96. The summed E-state index contributed by atoms with van der Waals surface area (Å²) in [6, 6.07) is 12.2. The second-order valence-electron chi connectivity index (χ2n) is 10.5. The Morgan fingerprint density at radius 3 is 2.69 bits per heavy atom. The number of carbonyl (C=O) groups excluding carboxylic acids is 2. The molecule has 6 heteroatoms. The number of hydrogen-bond donors (Lipinski definition) is 1. The van der Waals surface area contributed by atoms with Crippen molar-refractivity contribution in [3.05, 3.63) is 93.6 Å². The van der Waals surface area contributed by atoms with E-state index in [1.54, 1.807) is 22.7 Å². The number of anilines is 1. The van der Waals surface area contributed by atoms with E-state index in [4.69, 9.17) is 4.74 Å². The second kappa shape index (κ2) is 10.0. The average Bonchev–Trinajstić information content (AvgIpc) is 3.51. The molecule has 1 N–H and O–H groups in total. The van der Waals surface area contributed by atoms with E-state index in [0.29, 0.717) is 18.5 Å². The second-order valence-corrected chi connectivity index (χ2v) is 11.5. The van der Waals surface area contributed by atoms with Crippen LogP contribution < -0.4 is 10.2 Å². The van der Waals surface area contributed by atoms with Crippen LogP contribution in [0.5, 0.6) is 0 Å². The minimum absolute atomic E-state index is 0.132. The number of ether oxygens (including phenoxy) is 1. The van der Waals surface area contributed by atoms with Gasteiger partial charge in [0.15, 0.2) is 0 Å². The number of thioether (sulfide) groups is 1. The SMILES string of the molecule is CC(C)(C)OC(=O)N1CCc2cc(C(=O)NC3=CCc4ccc(CCC5=CC=CC5)cc4S3)ccc21. The monoisotopic (exact) mass is 500 g/mol. The number of hydrogen-bond acceptors (Lipinski definition) is 4. The molecule has 1 aliphatic carbocycles. The molecule has 0 radical (unpaired) electrons. The van der Waals surface area contributed by atoms with Gasteiger partial charge in [-0.05, 0) is 99.9 Å². The highest BCUT2D eigenvalue weighted by Crippen LogP contribution is 2.35. The van der Waals surface area contributed by atoms with Crippen molar-refractivity contribution in [1.29, 1.82) is 0 Å². The van der Waals surface area contributed by atoms with Gasteiger partial charge >= 0.3 is 6.09 Å². The summed E-state index contributed by atoms with van der Waals surface area (Å²) in [5.74, 6) is -0.132. The van der Waals surface area contributed by atoms with Crippen LogP contribution in [0, 0.1) is 0 Å². The topological polar surface area (TPSA) is 58.6 Å². The number of nitrogens with one attached hydrogen (secondary N) is 1. The van der Waals surface area contributed by atoms with E-state index in [2.05, 4.69) is 47.8 Å². The van der Waals surface area contributed by atoms with E-state index in [9.17, 15) is 9.59 Å². The van der Waals surface area contributed by atoms with Gasteiger partial charge in [0.05, 0.1) is 10.7 Å². The number of fused-ring (bicyclic) bond motifs is 2. The van der Waals surface area contributed by atoms with Gasteiger partial charge in [0.25, 0.3) is 5.91 Å². The van der Waals surface area contributed by atoms with Gasteiger partial charge in [-0.3, -0.25) is 9.69 Å². The molecule has 2 aliphatic heterocycles. The summed E-state index contributed by atoms with van der Waals surface area (Å²) >= 11 is 1.62. The van der Waals surface area contributed by atoms with Gasteiger partial charge in [-0.1, -0.05) is 47.7 Å². The fourth-order valence-electron chi connectivity index (χ4n) is 4.67. The van der Waals surface area contributed by atoms with E-state index < -0.39 is 5.60 Å². The van der Waals surface area contributed by atoms with Crippen LogP contribution in [-0.2, 0) is 24.0 Å². The molecule has 2 aromatic carbocycles. The van der Waals surface area contributed by atoms with Gasteiger partial charge < -0.3 is 10.1 Å². The molecular weight excluding hydrogens is 468 g/mol. The van der Waals surface area contributed by atoms with Crippen molar-refractivity contribution in [2.45, 2.75) is 63.4 Å². The third-order valence-electron chi connectivity index (χ3n) is 6.53. The zero-order valence-corrected chi connectivity index (χ0v) is 21.9. The minimum Gasteiger partial charge on any atom is -0.443 e. The van der Waals surface area contributed by atoms with Gasteiger partial charge in [-0.15, -0.1) is 0 Å². The largest absolute Gasteiger partial charge is 0.443 e. The van der Waals surface area contributed by atoms with Gasteiger partial charge in [0, 0.05) is 17.0 Å². The average molecular weight is 501 g/mol. The molecule has 0 fully saturated rings. The molecule has 3 aliphatic rings. The molecule has 0 aromatic heterocycles. The minimum atomic E-state index is -0.546. The summed E-state index contributed by atoms with van der Waals surface area (Å²) in [5.41, 5.74) is 5.96. The molecule has 2 amide bonds. The normalized spacial score (nSPS) is 16.2. The van der Waals surface area contributed by atoms with Crippen LogP contribution in [0.3, 0.4) is 0 Å². The lowest BCUT2D eigenvalue weighted by Crippen LogP contribution is -2.35. The van der Waals surface area contributed by atoms with E-state index >= 15 is 0 Å². The Morgan fingerprint density at radius 2 is 1.92 bits per heavy atom. The van der Waals surface area contributed by atoms with Crippen LogP contribution in [0.25, 0.3) is 0 Å². The lowest BCUT2D eigenvalue weighted by Gasteiger charge is -2.24. The third kappa shape index (κ3) is 5.59.